The molecule has 1 aromatic rings. The third-order valence-electron chi connectivity index (χ3n) is 3.81. The Hall–Kier alpha value is -1.34. The predicted molar refractivity (Wildman–Crippen MR) is 79.0 cm³/mol. The summed E-state index contributed by atoms with van der Waals surface area (Å²) in [4.78, 5) is 8.39. The number of pyridine rings is 1. The van der Waals surface area contributed by atoms with Gasteiger partial charge in [-0.15, -0.1) is 0 Å². The summed E-state index contributed by atoms with van der Waals surface area (Å²) < 4.78 is 42.7. The molecule has 7 heteroatoms. The Labute approximate surface area is 128 Å². The van der Waals surface area contributed by atoms with Crippen LogP contribution < -0.4 is 4.90 Å². The number of rotatable bonds is 5. The number of hydrogen-bond donors (Lipinski definition) is 0. The average molecular weight is 317 g/mol. The number of aromatic nitrogens is 1. The van der Waals surface area contributed by atoms with Gasteiger partial charge in [0, 0.05) is 46.1 Å². The Balaban J connectivity index is 1.90. The standard InChI is InChI=1S/C15H22F3N3O/c1-22-11-3-7-20-6-2-8-21(10-9-20)14-5-4-13(12-19-14)15(16,17)18/h4-5,12H,2-3,6-11H2,1H3. The summed E-state index contributed by atoms with van der Waals surface area (Å²) in [7, 11) is 1.69. The van der Waals surface area contributed by atoms with E-state index in [9.17, 15) is 13.2 Å². The van der Waals surface area contributed by atoms with Crippen LogP contribution in [0.3, 0.4) is 0 Å². The predicted octanol–water partition coefficient (Wildman–Crippen LogP) is 2.65. The summed E-state index contributed by atoms with van der Waals surface area (Å²) in [6.45, 7) is 5.24. The highest BCUT2D eigenvalue weighted by atomic mass is 19.4. The van der Waals surface area contributed by atoms with Gasteiger partial charge in [0.05, 0.1) is 5.56 Å². The number of nitrogens with zero attached hydrogens (tertiary/aromatic N) is 3. The highest BCUT2D eigenvalue weighted by Gasteiger charge is 2.31. The van der Waals surface area contributed by atoms with E-state index < -0.39 is 11.7 Å². The normalized spacial score (nSPS) is 17.5. The zero-order chi connectivity index (χ0) is 16.0. The van der Waals surface area contributed by atoms with Gasteiger partial charge >= 0.3 is 6.18 Å². The fraction of sp³-hybridized carbons (Fsp3) is 0.667. The van der Waals surface area contributed by atoms with Crippen molar-refractivity contribution in [3.63, 3.8) is 0 Å². The lowest BCUT2D eigenvalue weighted by molar-refractivity contribution is -0.137. The van der Waals surface area contributed by atoms with Crippen LogP contribution in [0.25, 0.3) is 0 Å². The highest BCUT2D eigenvalue weighted by molar-refractivity contribution is 5.40. The molecule has 0 saturated carbocycles. The summed E-state index contributed by atoms with van der Waals surface area (Å²) in [6, 6.07) is 2.56. The molecule has 0 N–H and O–H groups in total. The zero-order valence-corrected chi connectivity index (χ0v) is 12.8. The third kappa shape index (κ3) is 4.84. The van der Waals surface area contributed by atoms with Crippen LogP contribution in [-0.4, -0.2) is 56.3 Å². The average Bonchev–Trinajstić information content (AvgIpc) is 2.73. The van der Waals surface area contributed by atoms with E-state index in [1.54, 1.807) is 7.11 Å². The van der Waals surface area contributed by atoms with Crippen LogP contribution in [0.4, 0.5) is 19.0 Å². The lowest BCUT2D eigenvalue weighted by atomic mass is 10.2. The fourth-order valence-corrected chi connectivity index (χ4v) is 2.60. The minimum absolute atomic E-state index is 0.617. The van der Waals surface area contributed by atoms with E-state index in [4.69, 9.17) is 4.74 Å². The number of anilines is 1. The van der Waals surface area contributed by atoms with E-state index in [0.29, 0.717) is 5.82 Å². The van der Waals surface area contributed by atoms with Crippen LogP contribution in [-0.2, 0) is 10.9 Å². The second kappa shape index (κ2) is 7.78. The molecule has 22 heavy (non-hydrogen) atoms. The lowest BCUT2D eigenvalue weighted by Gasteiger charge is -2.23. The Bertz CT molecular complexity index is 450. The molecule has 0 bridgehead atoms. The minimum atomic E-state index is -4.33. The van der Waals surface area contributed by atoms with Gasteiger partial charge in [-0.2, -0.15) is 13.2 Å². The first-order valence-electron chi connectivity index (χ1n) is 7.50. The maximum absolute atomic E-state index is 12.6. The molecule has 0 amide bonds. The molecular formula is C15H22F3N3O. The fourth-order valence-electron chi connectivity index (χ4n) is 2.60. The Kier molecular flexibility index (Phi) is 6.02. The van der Waals surface area contributed by atoms with E-state index in [1.165, 1.54) is 6.07 Å². The van der Waals surface area contributed by atoms with E-state index in [1.807, 2.05) is 0 Å². The molecule has 124 valence electrons. The number of ether oxygens (including phenoxy) is 1. The van der Waals surface area contributed by atoms with Crippen LogP contribution in [0.15, 0.2) is 18.3 Å². The van der Waals surface area contributed by atoms with Crippen molar-refractivity contribution in [1.82, 2.24) is 9.88 Å². The van der Waals surface area contributed by atoms with Crippen molar-refractivity contribution in [2.75, 3.05) is 51.3 Å². The number of alkyl halides is 3. The van der Waals surface area contributed by atoms with Gasteiger partial charge in [-0.3, -0.25) is 0 Å². The number of halogens is 3. The van der Waals surface area contributed by atoms with Crippen molar-refractivity contribution in [2.45, 2.75) is 19.0 Å². The van der Waals surface area contributed by atoms with Crippen LogP contribution >= 0.6 is 0 Å². The molecular weight excluding hydrogens is 295 g/mol. The van der Waals surface area contributed by atoms with Crippen molar-refractivity contribution in [3.8, 4) is 0 Å². The monoisotopic (exact) mass is 317 g/mol. The van der Waals surface area contributed by atoms with Gasteiger partial charge in [-0.1, -0.05) is 0 Å². The first-order chi connectivity index (χ1) is 10.5. The van der Waals surface area contributed by atoms with Crippen LogP contribution in [0.2, 0.25) is 0 Å². The summed E-state index contributed by atoms with van der Waals surface area (Å²) >= 11 is 0. The van der Waals surface area contributed by atoms with E-state index >= 15 is 0 Å². The Morgan fingerprint density at radius 2 is 2.00 bits per heavy atom. The smallest absolute Gasteiger partial charge is 0.385 e. The van der Waals surface area contributed by atoms with Gasteiger partial charge in [-0.25, -0.2) is 4.98 Å². The van der Waals surface area contributed by atoms with E-state index in [-0.39, 0.29) is 0 Å². The highest BCUT2D eigenvalue weighted by Crippen LogP contribution is 2.29. The molecule has 1 aromatic heterocycles. The molecule has 1 saturated heterocycles. The molecule has 0 radical (unpaired) electrons. The molecule has 2 heterocycles. The van der Waals surface area contributed by atoms with Gasteiger partial charge < -0.3 is 14.5 Å². The van der Waals surface area contributed by atoms with Crippen molar-refractivity contribution in [3.05, 3.63) is 23.9 Å². The minimum Gasteiger partial charge on any atom is -0.385 e. The molecule has 1 aliphatic rings. The first-order valence-corrected chi connectivity index (χ1v) is 7.50. The van der Waals surface area contributed by atoms with Gasteiger partial charge in [0.25, 0.3) is 0 Å². The van der Waals surface area contributed by atoms with E-state index in [2.05, 4.69) is 14.8 Å². The van der Waals surface area contributed by atoms with Crippen LogP contribution in [0.5, 0.6) is 0 Å². The van der Waals surface area contributed by atoms with E-state index in [0.717, 1.165) is 64.4 Å². The van der Waals surface area contributed by atoms with Gasteiger partial charge in [0.2, 0.25) is 0 Å². The van der Waals surface area contributed by atoms with Crippen molar-refractivity contribution in [2.24, 2.45) is 0 Å². The molecule has 0 spiro atoms. The van der Waals surface area contributed by atoms with Gasteiger partial charge in [-0.05, 0) is 31.5 Å². The second-order valence-electron chi connectivity index (χ2n) is 5.43. The Morgan fingerprint density at radius 3 is 2.64 bits per heavy atom. The quantitative estimate of drug-likeness (QED) is 0.781. The molecule has 1 aliphatic heterocycles. The summed E-state index contributed by atoms with van der Waals surface area (Å²) in [5.74, 6) is 0.617. The second-order valence-corrected chi connectivity index (χ2v) is 5.43. The van der Waals surface area contributed by atoms with Crippen molar-refractivity contribution in [1.29, 1.82) is 0 Å². The molecule has 0 unspecified atom stereocenters. The Morgan fingerprint density at radius 1 is 1.18 bits per heavy atom. The van der Waals surface area contributed by atoms with Crippen LogP contribution in [0.1, 0.15) is 18.4 Å². The molecule has 1 fully saturated rings. The molecule has 0 aromatic carbocycles. The first kappa shape index (κ1) is 17.0. The summed E-state index contributed by atoms with van der Waals surface area (Å²) in [6.07, 6.45) is -1.44. The van der Waals surface area contributed by atoms with Crippen molar-refractivity contribution >= 4 is 5.82 Å². The number of methoxy groups -OCH3 is 1. The van der Waals surface area contributed by atoms with Crippen LogP contribution in [0, 0.1) is 0 Å². The number of hydrogen-bond acceptors (Lipinski definition) is 4. The van der Waals surface area contributed by atoms with Crippen molar-refractivity contribution < 1.29 is 17.9 Å². The SMILES string of the molecule is COCCCN1CCCN(c2ccc(C(F)(F)F)cn2)CC1. The summed E-state index contributed by atoms with van der Waals surface area (Å²) in [5, 5.41) is 0. The lowest BCUT2D eigenvalue weighted by Crippen LogP contribution is -2.32. The largest absolute Gasteiger partial charge is 0.417 e. The molecule has 0 atom stereocenters. The summed E-state index contributed by atoms with van der Waals surface area (Å²) in [5.41, 5.74) is -0.702. The molecule has 4 nitrogen and oxygen atoms in total. The maximum atomic E-state index is 12.6. The molecule has 0 aliphatic carbocycles. The molecule has 2 rings (SSSR count). The zero-order valence-electron chi connectivity index (χ0n) is 12.8. The maximum Gasteiger partial charge on any atom is 0.417 e. The van der Waals surface area contributed by atoms with Gasteiger partial charge in [0.15, 0.2) is 0 Å². The third-order valence-corrected chi connectivity index (χ3v) is 3.81. The topological polar surface area (TPSA) is 28.6 Å². The van der Waals surface area contributed by atoms with Gasteiger partial charge in [0.1, 0.15) is 5.82 Å².